The molecule has 0 saturated heterocycles. The summed E-state index contributed by atoms with van der Waals surface area (Å²) in [5.74, 6) is 1.24. The standard InChI is InChI=1S/C12H24O2/c1-10(2)6-8-14-9-7-11-4-3-5-12(11)13/h10-13H,3-9H2,1-2H3. The molecule has 0 spiro atoms. The van der Waals surface area contributed by atoms with Crippen molar-refractivity contribution in [3.8, 4) is 0 Å². The van der Waals surface area contributed by atoms with Crippen molar-refractivity contribution in [3.63, 3.8) is 0 Å². The Labute approximate surface area is 87.7 Å². The summed E-state index contributed by atoms with van der Waals surface area (Å²) < 4.78 is 5.54. The van der Waals surface area contributed by atoms with Gasteiger partial charge in [-0.2, -0.15) is 0 Å². The lowest BCUT2D eigenvalue weighted by molar-refractivity contribution is 0.0769. The SMILES string of the molecule is CC(C)CCOCCC1CCCC1O. The van der Waals surface area contributed by atoms with Crippen LogP contribution in [0.4, 0.5) is 0 Å². The Balaban J connectivity index is 1.93. The third-order valence-corrected chi connectivity index (χ3v) is 3.09. The molecular formula is C12H24O2. The predicted molar refractivity (Wildman–Crippen MR) is 58.2 cm³/mol. The molecule has 84 valence electrons. The topological polar surface area (TPSA) is 29.5 Å². The van der Waals surface area contributed by atoms with Gasteiger partial charge < -0.3 is 9.84 Å². The highest BCUT2D eigenvalue weighted by Crippen LogP contribution is 2.27. The van der Waals surface area contributed by atoms with Crippen LogP contribution < -0.4 is 0 Å². The second kappa shape index (κ2) is 6.41. The molecule has 0 radical (unpaired) electrons. The Morgan fingerprint density at radius 3 is 2.64 bits per heavy atom. The highest BCUT2D eigenvalue weighted by atomic mass is 16.5. The number of hydrogen-bond acceptors (Lipinski definition) is 2. The first kappa shape index (κ1) is 12.0. The summed E-state index contributed by atoms with van der Waals surface area (Å²) in [5, 5.41) is 9.58. The van der Waals surface area contributed by atoms with Crippen LogP contribution in [0.15, 0.2) is 0 Å². The molecule has 0 aliphatic heterocycles. The molecule has 1 fully saturated rings. The summed E-state index contributed by atoms with van der Waals surface area (Å²) >= 11 is 0. The second-order valence-corrected chi connectivity index (χ2v) is 4.84. The van der Waals surface area contributed by atoms with Gasteiger partial charge in [-0.3, -0.25) is 0 Å². The van der Waals surface area contributed by atoms with Crippen LogP contribution in [0.5, 0.6) is 0 Å². The van der Waals surface area contributed by atoms with E-state index in [0.29, 0.717) is 5.92 Å². The molecule has 2 heteroatoms. The van der Waals surface area contributed by atoms with Crippen LogP contribution >= 0.6 is 0 Å². The molecule has 2 nitrogen and oxygen atoms in total. The molecule has 0 aromatic carbocycles. The number of aliphatic hydroxyl groups is 1. The Bertz CT molecular complexity index is 145. The zero-order valence-electron chi connectivity index (χ0n) is 9.54. The molecule has 0 heterocycles. The first-order chi connectivity index (χ1) is 6.70. The summed E-state index contributed by atoms with van der Waals surface area (Å²) in [4.78, 5) is 0. The Morgan fingerprint density at radius 1 is 1.29 bits per heavy atom. The van der Waals surface area contributed by atoms with Gasteiger partial charge in [0.25, 0.3) is 0 Å². The van der Waals surface area contributed by atoms with E-state index in [-0.39, 0.29) is 6.10 Å². The average Bonchev–Trinajstić information content (AvgIpc) is 2.51. The lowest BCUT2D eigenvalue weighted by Crippen LogP contribution is -2.15. The predicted octanol–water partition coefficient (Wildman–Crippen LogP) is 2.60. The van der Waals surface area contributed by atoms with E-state index in [1.54, 1.807) is 0 Å². The van der Waals surface area contributed by atoms with E-state index >= 15 is 0 Å². The number of hydrogen-bond donors (Lipinski definition) is 1. The molecule has 1 N–H and O–H groups in total. The minimum atomic E-state index is -0.0521. The van der Waals surface area contributed by atoms with Crippen molar-refractivity contribution < 1.29 is 9.84 Å². The van der Waals surface area contributed by atoms with E-state index in [1.165, 1.54) is 12.8 Å². The van der Waals surface area contributed by atoms with Gasteiger partial charge in [-0.05, 0) is 37.5 Å². The van der Waals surface area contributed by atoms with E-state index < -0.39 is 0 Å². The summed E-state index contributed by atoms with van der Waals surface area (Å²) in [5.41, 5.74) is 0. The second-order valence-electron chi connectivity index (χ2n) is 4.84. The Morgan fingerprint density at radius 2 is 2.07 bits per heavy atom. The molecular weight excluding hydrogens is 176 g/mol. The van der Waals surface area contributed by atoms with Crippen LogP contribution in [-0.2, 0) is 4.74 Å². The minimum Gasteiger partial charge on any atom is -0.393 e. The molecule has 0 amide bonds. The Hall–Kier alpha value is -0.0800. The zero-order valence-corrected chi connectivity index (χ0v) is 9.54. The van der Waals surface area contributed by atoms with Crippen LogP contribution in [0.25, 0.3) is 0 Å². The van der Waals surface area contributed by atoms with E-state index in [1.807, 2.05) is 0 Å². The molecule has 1 aliphatic carbocycles. The maximum Gasteiger partial charge on any atom is 0.0569 e. The highest BCUT2D eigenvalue weighted by Gasteiger charge is 2.24. The third kappa shape index (κ3) is 4.43. The normalized spacial score (nSPS) is 27.4. The average molecular weight is 200 g/mol. The van der Waals surface area contributed by atoms with Crippen LogP contribution in [0.3, 0.4) is 0 Å². The molecule has 0 bridgehead atoms. The number of ether oxygens (including phenoxy) is 1. The van der Waals surface area contributed by atoms with Crippen molar-refractivity contribution >= 4 is 0 Å². The zero-order chi connectivity index (χ0) is 10.4. The molecule has 1 saturated carbocycles. The lowest BCUT2D eigenvalue weighted by Gasteiger charge is -2.14. The van der Waals surface area contributed by atoms with Gasteiger partial charge in [0, 0.05) is 13.2 Å². The monoisotopic (exact) mass is 200 g/mol. The smallest absolute Gasteiger partial charge is 0.0569 e. The van der Waals surface area contributed by atoms with Gasteiger partial charge in [0.05, 0.1) is 6.10 Å². The van der Waals surface area contributed by atoms with Crippen molar-refractivity contribution in [2.45, 2.75) is 52.1 Å². The molecule has 14 heavy (non-hydrogen) atoms. The molecule has 2 unspecified atom stereocenters. The third-order valence-electron chi connectivity index (χ3n) is 3.09. The van der Waals surface area contributed by atoms with E-state index in [4.69, 9.17) is 4.74 Å². The van der Waals surface area contributed by atoms with Gasteiger partial charge in [-0.1, -0.05) is 20.3 Å². The molecule has 2 atom stereocenters. The number of rotatable bonds is 6. The number of aliphatic hydroxyl groups excluding tert-OH is 1. The van der Waals surface area contributed by atoms with E-state index in [9.17, 15) is 5.11 Å². The lowest BCUT2D eigenvalue weighted by atomic mass is 10.0. The van der Waals surface area contributed by atoms with Crippen molar-refractivity contribution in [2.24, 2.45) is 11.8 Å². The quantitative estimate of drug-likeness (QED) is 0.668. The first-order valence-corrected chi connectivity index (χ1v) is 5.96. The van der Waals surface area contributed by atoms with E-state index in [0.717, 1.165) is 38.4 Å². The molecule has 0 aromatic heterocycles. The van der Waals surface area contributed by atoms with Gasteiger partial charge in [0.15, 0.2) is 0 Å². The van der Waals surface area contributed by atoms with Crippen molar-refractivity contribution in [2.75, 3.05) is 13.2 Å². The van der Waals surface area contributed by atoms with E-state index in [2.05, 4.69) is 13.8 Å². The van der Waals surface area contributed by atoms with Crippen molar-refractivity contribution in [1.82, 2.24) is 0 Å². The fourth-order valence-electron chi connectivity index (χ4n) is 2.01. The van der Waals surface area contributed by atoms with Gasteiger partial charge in [0.1, 0.15) is 0 Å². The minimum absolute atomic E-state index is 0.0521. The van der Waals surface area contributed by atoms with Crippen LogP contribution in [0, 0.1) is 11.8 Å². The van der Waals surface area contributed by atoms with Gasteiger partial charge in [-0.25, -0.2) is 0 Å². The van der Waals surface area contributed by atoms with Gasteiger partial charge >= 0.3 is 0 Å². The summed E-state index contributed by atoms with van der Waals surface area (Å²) in [6.45, 7) is 6.13. The highest BCUT2D eigenvalue weighted by molar-refractivity contribution is 4.76. The maximum atomic E-state index is 9.58. The van der Waals surface area contributed by atoms with Crippen LogP contribution in [0.2, 0.25) is 0 Å². The van der Waals surface area contributed by atoms with Gasteiger partial charge in [-0.15, -0.1) is 0 Å². The summed E-state index contributed by atoms with van der Waals surface area (Å²) in [7, 11) is 0. The maximum absolute atomic E-state index is 9.58. The molecule has 1 rings (SSSR count). The summed E-state index contributed by atoms with van der Waals surface area (Å²) in [6, 6.07) is 0. The fourth-order valence-corrected chi connectivity index (χ4v) is 2.01. The summed E-state index contributed by atoms with van der Waals surface area (Å²) in [6.07, 6.45) is 5.51. The fraction of sp³-hybridized carbons (Fsp3) is 1.00. The van der Waals surface area contributed by atoms with Crippen molar-refractivity contribution in [1.29, 1.82) is 0 Å². The Kier molecular flexibility index (Phi) is 5.49. The molecule has 0 aromatic rings. The largest absolute Gasteiger partial charge is 0.393 e. The van der Waals surface area contributed by atoms with Crippen LogP contribution in [-0.4, -0.2) is 24.4 Å². The van der Waals surface area contributed by atoms with Crippen molar-refractivity contribution in [3.05, 3.63) is 0 Å². The first-order valence-electron chi connectivity index (χ1n) is 5.96. The molecule has 1 aliphatic rings. The van der Waals surface area contributed by atoms with Crippen LogP contribution in [0.1, 0.15) is 46.0 Å². The van der Waals surface area contributed by atoms with Gasteiger partial charge in [0.2, 0.25) is 0 Å².